The van der Waals surface area contributed by atoms with Crippen LogP contribution in [0.4, 0.5) is 18.9 Å². The summed E-state index contributed by atoms with van der Waals surface area (Å²) in [5.41, 5.74) is -2.98. The molecule has 1 rings (SSSR count). The summed E-state index contributed by atoms with van der Waals surface area (Å²) in [7, 11) is 1.58. The van der Waals surface area contributed by atoms with E-state index >= 15 is 0 Å². The summed E-state index contributed by atoms with van der Waals surface area (Å²) < 4.78 is 48.5. The molecule has 0 N–H and O–H groups in total. The predicted octanol–water partition coefficient (Wildman–Crippen LogP) is 1.81. The number of esters is 1. The molecule has 0 heterocycles. The third-order valence-corrected chi connectivity index (χ3v) is 2.03. The van der Waals surface area contributed by atoms with Crippen molar-refractivity contribution in [3.8, 4) is 5.75 Å². The first-order chi connectivity index (χ1) is 8.36. The van der Waals surface area contributed by atoms with E-state index in [1.54, 1.807) is 0 Å². The zero-order valence-electron chi connectivity index (χ0n) is 9.12. The third kappa shape index (κ3) is 1.94. The number of hydrogen-bond acceptors (Lipinski definition) is 5. The maximum Gasteiger partial charge on any atom is 0.348 e. The van der Waals surface area contributed by atoms with E-state index in [-0.39, 0.29) is 0 Å². The minimum atomic E-state index is -1.91. The van der Waals surface area contributed by atoms with Crippen LogP contribution in [0.5, 0.6) is 5.75 Å². The summed E-state index contributed by atoms with van der Waals surface area (Å²) in [6.07, 6.45) is 0. The monoisotopic (exact) mass is 265 g/mol. The van der Waals surface area contributed by atoms with Gasteiger partial charge in [0.25, 0.3) is 0 Å². The van der Waals surface area contributed by atoms with Gasteiger partial charge in [-0.15, -0.1) is 0 Å². The van der Waals surface area contributed by atoms with E-state index in [4.69, 9.17) is 0 Å². The van der Waals surface area contributed by atoms with Crippen molar-refractivity contribution in [1.82, 2.24) is 0 Å². The Morgan fingerprint density at radius 1 is 1.17 bits per heavy atom. The molecule has 1 aromatic carbocycles. The van der Waals surface area contributed by atoms with Crippen molar-refractivity contribution in [2.45, 2.75) is 0 Å². The number of carbonyl (C=O) groups is 1. The number of hydrogen-bond donors (Lipinski definition) is 0. The van der Waals surface area contributed by atoms with E-state index in [0.29, 0.717) is 0 Å². The van der Waals surface area contributed by atoms with E-state index in [0.717, 1.165) is 14.2 Å². The van der Waals surface area contributed by atoms with Gasteiger partial charge >= 0.3 is 11.7 Å². The Morgan fingerprint density at radius 3 is 2.11 bits per heavy atom. The van der Waals surface area contributed by atoms with Gasteiger partial charge in [-0.1, -0.05) is 0 Å². The summed E-state index contributed by atoms with van der Waals surface area (Å²) in [6.45, 7) is 0. The molecule has 0 aliphatic rings. The van der Waals surface area contributed by atoms with Crippen molar-refractivity contribution in [2.24, 2.45) is 0 Å². The highest BCUT2D eigenvalue weighted by molar-refractivity contribution is 5.94. The highest BCUT2D eigenvalue weighted by atomic mass is 19.2. The van der Waals surface area contributed by atoms with Crippen molar-refractivity contribution in [1.29, 1.82) is 0 Å². The molecule has 0 atom stereocenters. The Bertz CT molecular complexity index is 532. The van der Waals surface area contributed by atoms with Crippen LogP contribution in [0.15, 0.2) is 0 Å². The number of halogens is 3. The average molecular weight is 265 g/mol. The number of benzene rings is 1. The lowest BCUT2D eigenvalue weighted by Crippen LogP contribution is -2.13. The average Bonchev–Trinajstić information content (AvgIpc) is 2.32. The molecular weight excluding hydrogens is 259 g/mol. The summed E-state index contributed by atoms with van der Waals surface area (Å²) in [5, 5.41) is 10.6. The number of rotatable bonds is 3. The van der Waals surface area contributed by atoms with Crippen LogP contribution < -0.4 is 4.74 Å². The zero-order valence-corrected chi connectivity index (χ0v) is 9.12. The van der Waals surface area contributed by atoms with Gasteiger partial charge in [0.1, 0.15) is 0 Å². The van der Waals surface area contributed by atoms with Crippen molar-refractivity contribution >= 4 is 11.7 Å². The third-order valence-electron chi connectivity index (χ3n) is 2.03. The lowest BCUT2D eigenvalue weighted by Gasteiger charge is -2.08. The fraction of sp³-hybridized carbons (Fsp3) is 0.222. The lowest BCUT2D eigenvalue weighted by molar-refractivity contribution is -0.388. The van der Waals surface area contributed by atoms with Crippen LogP contribution in [0.2, 0.25) is 0 Å². The SMILES string of the molecule is COC(=O)c1c(F)c(F)c(OC)c(F)c1[N+](=O)[O-]. The van der Waals surface area contributed by atoms with Gasteiger partial charge < -0.3 is 9.47 Å². The smallest absolute Gasteiger partial charge is 0.348 e. The van der Waals surface area contributed by atoms with Crippen LogP contribution in [-0.4, -0.2) is 25.1 Å². The Hall–Kier alpha value is -2.32. The Kier molecular flexibility index (Phi) is 3.74. The van der Waals surface area contributed by atoms with Gasteiger partial charge in [-0.25, -0.2) is 9.18 Å². The summed E-state index contributed by atoms with van der Waals surface area (Å²) in [6, 6.07) is 0. The molecule has 0 aliphatic carbocycles. The molecule has 9 heteroatoms. The minimum Gasteiger partial charge on any atom is -0.491 e. The molecule has 0 fully saturated rings. The molecule has 0 bridgehead atoms. The summed E-state index contributed by atoms with van der Waals surface area (Å²) in [5.74, 6) is -8.40. The van der Waals surface area contributed by atoms with Crippen molar-refractivity contribution < 1.29 is 32.4 Å². The number of methoxy groups -OCH3 is 2. The first-order valence-electron chi connectivity index (χ1n) is 4.33. The van der Waals surface area contributed by atoms with Crippen LogP contribution in [0.1, 0.15) is 10.4 Å². The molecule has 0 amide bonds. The van der Waals surface area contributed by atoms with Crippen LogP contribution in [0.3, 0.4) is 0 Å². The second-order valence-electron chi connectivity index (χ2n) is 2.95. The molecule has 0 spiro atoms. The van der Waals surface area contributed by atoms with E-state index in [2.05, 4.69) is 9.47 Å². The van der Waals surface area contributed by atoms with E-state index in [9.17, 15) is 28.1 Å². The number of nitro benzene ring substituents is 1. The normalized spacial score (nSPS) is 10.1. The molecule has 98 valence electrons. The Balaban J connectivity index is 3.80. The molecule has 0 saturated heterocycles. The molecule has 1 aromatic rings. The molecule has 0 radical (unpaired) electrons. The highest BCUT2D eigenvalue weighted by Crippen LogP contribution is 2.35. The zero-order chi connectivity index (χ0) is 14.0. The van der Waals surface area contributed by atoms with Gasteiger partial charge in [0.15, 0.2) is 11.4 Å². The molecule has 0 unspecified atom stereocenters. The van der Waals surface area contributed by atoms with Gasteiger partial charge in [-0.05, 0) is 0 Å². The van der Waals surface area contributed by atoms with Crippen molar-refractivity contribution in [2.75, 3.05) is 14.2 Å². The Morgan fingerprint density at radius 2 is 1.72 bits per heavy atom. The van der Waals surface area contributed by atoms with E-state index in [1.165, 1.54) is 0 Å². The molecule has 0 aromatic heterocycles. The van der Waals surface area contributed by atoms with E-state index in [1.807, 2.05) is 0 Å². The second-order valence-corrected chi connectivity index (χ2v) is 2.95. The van der Waals surface area contributed by atoms with Crippen LogP contribution >= 0.6 is 0 Å². The van der Waals surface area contributed by atoms with Crippen molar-refractivity contribution in [3.05, 3.63) is 33.1 Å². The van der Waals surface area contributed by atoms with E-state index < -0.39 is 45.3 Å². The van der Waals surface area contributed by atoms with Gasteiger partial charge in [-0.2, -0.15) is 8.78 Å². The van der Waals surface area contributed by atoms with Crippen molar-refractivity contribution in [3.63, 3.8) is 0 Å². The number of nitrogens with zero attached hydrogens (tertiary/aromatic N) is 1. The topological polar surface area (TPSA) is 78.7 Å². The lowest BCUT2D eigenvalue weighted by atomic mass is 10.1. The van der Waals surface area contributed by atoms with Gasteiger partial charge in [0.05, 0.1) is 19.1 Å². The van der Waals surface area contributed by atoms with Gasteiger partial charge in [-0.3, -0.25) is 10.1 Å². The number of carbonyl (C=O) groups excluding carboxylic acids is 1. The molecular formula is C9H6F3NO5. The summed E-state index contributed by atoms with van der Waals surface area (Å²) in [4.78, 5) is 20.4. The number of ether oxygens (including phenoxy) is 2. The minimum absolute atomic E-state index is 0.783. The van der Waals surface area contributed by atoms with Gasteiger partial charge in [0, 0.05) is 0 Å². The molecule has 18 heavy (non-hydrogen) atoms. The molecule has 6 nitrogen and oxygen atoms in total. The highest BCUT2D eigenvalue weighted by Gasteiger charge is 2.37. The van der Waals surface area contributed by atoms with Gasteiger partial charge in [0.2, 0.25) is 17.4 Å². The maximum absolute atomic E-state index is 13.5. The quantitative estimate of drug-likeness (QED) is 0.360. The first kappa shape index (κ1) is 13.7. The number of nitro groups is 1. The molecule has 0 aliphatic heterocycles. The predicted molar refractivity (Wildman–Crippen MR) is 50.9 cm³/mol. The molecule has 0 saturated carbocycles. The Labute approximate surface area is 98.1 Å². The van der Waals surface area contributed by atoms with Crippen LogP contribution in [0.25, 0.3) is 0 Å². The fourth-order valence-electron chi connectivity index (χ4n) is 1.27. The van der Waals surface area contributed by atoms with Crippen LogP contribution in [-0.2, 0) is 4.74 Å². The summed E-state index contributed by atoms with van der Waals surface area (Å²) >= 11 is 0. The van der Waals surface area contributed by atoms with Crippen LogP contribution in [0, 0.1) is 27.6 Å². The standard InChI is InChI=1S/C9H6F3NO5/c1-17-8-5(11)4(10)3(9(14)18-2)7(6(8)12)13(15)16/h1-2H3. The fourth-order valence-corrected chi connectivity index (χ4v) is 1.27. The largest absolute Gasteiger partial charge is 0.491 e. The first-order valence-corrected chi connectivity index (χ1v) is 4.33. The second kappa shape index (κ2) is 4.90. The maximum atomic E-state index is 13.5.